The molecule has 0 aliphatic rings. The fourth-order valence-electron chi connectivity index (χ4n) is 2.39. The van der Waals surface area contributed by atoms with Crippen molar-refractivity contribution in [3.05, 3.63) is 59.7 Å². The van der Waals surface area contributed by atoms with Crippen molar-refractivity contribution in [1.29, 1.82) is 0 Å². The molecule has 0 amide bonds. The highest BCUT2D eigenvalue weighted by atomic mass is 32.1. The van der Waals surface area contributed by atoms with Crippen LogP contribution in [0.25, 0.3) is 17.0 Å². The van der Waals surface area contributed by atoms with E-state index in [-0.39, 0.29) is 5.56 Å². The van der Waals surface area contributed by atoms with Crippen molar-refractivity contribution in [2.24, 2.45) is 0 Å². The van der Waals surface area contributed by atoms with Crippen LogP contribution >= 0.6 is 11.3 Å². The van der Waals surface area contributed by atoms with E-state index in [0.29, 0.717) is 11.5 Å². The van der Waals surface area contributed by atoms with E-state index in [1.807, 2.05) is 29.6 Å². The van der Waals surface area contributed by atoms with Crippen molar-refractivity contribution in [1.82, 2.24) is 19.6 Å². The molecule has 0 aliphatic heterocycles. The number of nitrogens with zero attached hydrogens (tertiary/aromatic N) is 4. The first-order chi connectivity index (χ1) is 11.7. The topological polar surface area (TPSA) is 92.4 Å². The Morgan fingerprint density at radius 1 is 1.17 bits per heavy atom. The van der Waals surface area contributed by atoms with Gasteiger partial charge in [0.25, 0.3) is 0 Å². The molecule has 0 bridgehead atoms. The Kier molecular flexibility index (Phi) is 3.43. The van der Waals surface area contributed by atoms with E-state index in [1.165, 1.54) is 17.4 Å². The molecule has 0 radical (unpaired) electrons. The van der Waals surface area contributed by atoms with Crippen LogP contribution < -0.4 is 5.32 Å². The van der Waals surface area contributed by atoms with Gasteiger partial charge in [0.2, 0.25) is 0 Å². The summed E-state index contributed by atoms with van der Waals surface area (Å²) in [4.78, 5) is 15.4. The monoisotopic (exact) mass is 337 g/mol. The third-order valence-corrected chi connectivity index (χ3v) is 4.18. The Morgan fingerprint density at radius 2 is 2.00 bits per heavy atom. The number of hydrogen-bond donors (Lipinski definition) is 2. The summed E-state index contributed by atoms with van der Waals surface area (Å²) in [7, 11) is 0. The first kappa shape index (κ1) is 14.3. The molecule has 0 saturated carbocycles. The lowest BCUT2D eigenvalue weighted by Gasteiger charge is -2.04. The number of thiazole rings is 1. The number of aromatic carboxylic acids is 1. The molecule has 8 heteroatoms. The molecule has 0 fully saturated rings. The maximum Gasteiger partial charge on any atom is 0.339 e. The molecule has 3 heterocycles. The van der Waals surface area contributed by atoms with Gasteiger partial charge in [-0.2, -0.15) is 0 Å². The van der Waals surface area contributed by atoms with Crippen LogP contribution in [-0.2, 0) is 0 Å². The van der Waals surface area contributed by atoms with Gasteiger partial charge in [-0.05, 0) is 36.4 Å². The van der Waals surface area contributed by atoms with E-state index in [2.05, 4.69) is 20.5 Å². The fraction of sp³-hybridized carbons (Fsp3) is 0. The summed E-state index contributed by atoms with van der Waals surface area (Å²) in [6, 6.07) is 10.8. The van der Waals surface area contributed by atoms with Crippen molar-refractivity contribution < 1.29 is 9.90 Å². The highest BCUT2D eigenvalue weighted by molar-refractivity contribution is 7.13. The first-order valence-corrected chi connectivity index (χ1v) is 7.94. The standard InChI is InChI=1S/C16H11N5O2S/c22-15(23)12-2-1-8-21-13(19-20-14(12)21)10-3-5-11(6-4-10)18-16-17-7-9-24-16/h1-9H,(H,17,18)(H,22,23). The fourth-order valence-corrected chi connectivity index (χ4v) is 2.94. The van der Waals surface area contributed by atoms with Crippen LogP contribution in [0.5, 0.6) is 0 Å². The Hall–Kier alpha value is -3.26. The number of anilines is 2. The number of benzene rings is 1. The van der Waals surface area contributed by atoms with Gasteiger partial charge in [0.15, 0.2) is 16.6 Å². The molecule has 7 nitrogen and oxygen atoms in total. The van der Waals surface area contributed by atoms with Gasteiger partial charge in [-0.1, -0.05) is 0 Å². The molecule has 4 rings (SSSR count). The quantitative estimate of drug-likeness (QED) is 0.593. The van der Waals surface area contributed by atoms with Gasteiger partial charge >= 0.3 is 5.97 Å². The van der Waals surface area contributed by atoms with Crippen LogP contribution in [-0.4, -0.2) is 30.7 Å². The van der Waals surface area contributed by atoms with Crippen LogP contribution in [0.15, 0.2) is 54.2 Å². The summed E-state index contributed by atoms with van der Waals surface area (Å²) in [5.74, 6) is -0.434. The van der Waals surface area contributed by atoms with Crippen molar-refractivity contribution in [2.45, 2.75) is 0 Å². The molecule has 118 valence electrons. The van der Waals surface area contributed by atoms with Gasteiger partial charge in [0, 0.05) is 29.0 Å². The number of pyridine rings is 1. The number of aromatic nitrogens is 4. The summed E-state index contributed by atoms with van der Waals surface area (Å²) < 4.78 is 1.67. The normalized spacial score (nSPS) is 10.8. The summed E-state index contributed by atoms with van der Waals surface area (Å²) in [5.41, 5.74) is 2.20. The Balaban J connectivity index is 1.70. The van der Waals surface area contributed by atoms with E-state index in [0.717, 1.165) is 16.4 Å². The van der Waals surface area contributed by atoms with E-state index in [4.69, 9.17) is 0 Å². The minimum atomic E-state index is -1.03. The van der Waals surface area contributed by atoms with Crippen LogP contribution in [0, 0.1) is 0 Å². The third kappa shape index (κ3) is 2.48. The van der Waals surface area contributed by atoms with Gasteiger partial charge in [0.05, 0.1) is 0 Å². The van der Waals surface area contributed by atoms with E-state index in [1.54, 1.807) is 22.9 Å². The second kappa shape index (κ2) is 5.74. The van der Waals surface area contributed by atoms with E-state index >= 15 is 0 Å². The molecular weight excluding hydrogens is 326 g/mol. The zero-order chi connectivity index (χ0) is 16.5. The summed E-state index contributed by atoms with van der Waals surface area (Å²) >= 11 is 1.52. The van der Waals surface area contributed by atoms with Crippen molar-refractivity contribution in [3.63, 3.8) is 0 Å². The number of nitrogens with one attached hydrogen (secondary N) is 1. The van der Waals surface area contributed by atoms with Crippen molar-refractivity contribution in [3.8, 4) is 11.4 Å². The zero-order valence-corrected chi connectivity index (χ0v) is 13.1. The highest BCUT2D eigenvalue weighted by Crippen LogP contribution is 2.24. The predicted molar refractivity (Wildman–Crippen MR) is 90.8 cm³/mol. The summed E-state index contributed by atoms with van der Waals surface area (Å²) in [5, 5.41) is 23.3. The SMILES string of the molecule is O=C(O)c1cccn2c(-c3ccc(Nc4nccs4)cc3)nnc12. The van der Waals surface area contributed by atoms with E-state index < -0.39 is 5.97 Å². The Bertz CT molecular complexity index is 1010. The largest absolute Gasteiger partial charge is 0.478 e. The Morgan fingerprint density at radius 3 is 2.71 bits per heavy atom. The highest BCUT2D eigenvalue weighted by Gasteiger charge is 2.14. The predicted octanol–water partition coefficient (Wildman–Crippen LogP) is 3.29. The molecule has 4 aromatic rings. The second-order valence-corrected chi connectivity index (χ2v) is 5.88. The van der Waals surface area contributed by atoms with Crippen molar-refractivity contribution >= 4 is 33.8 Å². The molecular formula is C16H11N5O2S. The molecule has 2 N–H and O–H groups in total. The molecule has 1 aromatic carbocycles. The van der Waals surface area contributed by atoms with Crippen LogP contribution in [0.4, 0.5) is 10.8 Å². The number of hydrogen-bond acceptors (Lipinski definition) is 6. The molecule has 24 heavy (non-hydrogen) atoms. The smallest absolute Gasteiger partial charge is 0.339 e. The van der Waals surface area contributed by atoms with Crippen LogP contribution in [0.2, 0.25) is 0 Å². The first-order valence-electron chi connectivity index (χ1n) is 7.06. The number of rotatable bonds is 4. The average Bonchev–Trinajstić information content (AvgIpc) is 3.24. The third-order valence-electron chi connectivity index (χ3n) is 3.49. The summed E-state index contributed by atoms with van der Waals surface area (Å²) in [6.07, 6.45) is 3.49. The van der Waals surface area contributed by atoms with E-state index in [9.17, 15) is 9.90 Å². The van der Waals surface area contributed by atoms with Crippen LogP contribution in [0.1, 0.15) is 10.4 Å². The molecule has 0 unspecified atom stereocenters. The Labute approximate surface area is 140 Å². The average molecular weight is 337 g/mol. The number of carbonyl (C=O) groups is 1. The maximum absolute atomic E-state index is 11.3. The molecule has 3 aromatic heterocycles. The van der Waals surface area contributed by atoms with Crippen LogP contribution in [0.3, 0.4) is 0 Å². The molecule has 0 spiro atoms. The van der Waals surface area contributed by atoms with Gasteiger partial charge in [-0.25, -0.2) is 9.78 Å². The van der Waals surface area contributed by atoms with Gasteiger partial charge in [-0.3, -0.25) is 4.40 Å². The maximum atomic E-state index is 11.3. The van der Waals surface area contributed by atoms with Gasteiger partial charge < -0.3 is 10.4 Å². The lowest BCUT2D eigenvalue weighted by molar-refractivity contribution is 0.0698. The molecule has 0 atom stereocenters. The minimum absolute atomic E-state index is 0.123. The molecule has 0 saturated heterocycles. The second-order valence-electron chi connectivity index (χ2n) is 4.98. The van der Waals surface area contributed by atoms with Gasteiger partial charge in [0.1, 0.15) is 5.56 Å². The lowest BCUT2D eigenvalue weighted by atomic mass is 10.2. The van der Waals surface area contributed by atoms with Crippen molar-refractivity contribution in [2.75, 3.05) is 5.32 Å². The summed E-state index contributed by atoms with van der Waals surface area (Å²) in [6.45, 7) is 0. The number of carboxylic acids is 1. The molecule has 0 aliphatic carbocycles. The zero-order valence-electron chi connectivity index (χ0n) is 12.2. The minimum Gasteiger partial charge on any atom is -0.478 e. The number of carboxylic acid groups (broad SMARTS) is 1. The lowest BCUT2D eigenvalue weighted by Crippen LogP contribution is -2.00. The number of fused-ring (bicyclic) bond motifs is 1. The van der Waals surface area contributed by atoms with Gasteiger partial charge in [-0.15, -0.1) is 21.5 Å².